The zero-order chi connectivity index (χ0) is 12.5. The van der Waals surface area contributed by atoms with Gasteiger partial charge in [0.25, 0.3) is 0 Å². The molecule has 1 aromatic carbocycles. The zero-order valence-electron chi connectivity index (χ0n) is 7.47. The number of benzene rings is 1. The van der Waals surface area contributed by atoms with E-state index in [1.165, 1.54) is 6.07 Å². The van der Waals surface area contributed by atoms with Gasteiger partial charge in [0, 0.05) is 0 Å². The highest BCUT2D eigenvalue weighted by molar-refractivity contribution is 6.31. The van der Waals surface area contributed by atoms with Crippen LogP contribution in [0.25, 0.3) is 0 Å². The average Bonchev–Trinajstić information content (AvgIpc) is 2.14. The van der Waals surface area contributed by atoms with Crippen molar-refractivity contribution in [2.24, 2.45) is 0 Å². The van der Waals surface area contributed by atoms with E-state index >= 15 is 0 Å². The minimum absolute atomic E-state index is 0.700. The molecule has 84 valence electrons. The van der Waals surface area contributed by atoms with Crippen molar-refractivity contribution < 1.29 is 23.1 Å². The van der Waals surface area contributed by atoms with Gasteiger partial charge in [-0.15, -0.1) is 0 Å². The second-order valence-electron chi connectivity index (χ2n) is 2.76. The van der Waals surface area contributed by atoms with Gasteiger partial charge in [-0.2, -0.15) is 18.4 Å². The SMILES string of the molecule is N#Cc1c(C(=O)O)ccc(Cl)c1C(F)(F)F. The number of carbonyl (C=O) groups is 1. The third-order valence-corrected chi connectivity index (χ3v) is 2.10. The molecule has 1 rings (SSSR count). The Morgan fingerprint density at radius 1 is 1.44 bits per heavy atom. The van der Waals surface area contributed by atoms with Gasteiger partial charge < -0.3 is 5.11 Å². The lowest BCUT2D eigenvalue weighted by Crippen LogP contribution is -2.12. The van der Waals surface area contributed by atoms with E-state index in [0.717, 1.165) is 12.1 Å². The molecular formula is C9H3ClF3NO2. The van der Waals surface area contributed by atoms with Gasteiger partial charge in [-0.3, -0.25) is 0 Å². The van der Waals surface area contributed by atoms with Crippen molar-refractivity contribution in [1.29, 1.82) is 5.26 Å². The van der Waals surface area contributed by atoms with Gasteiger partial charge in [0.15, 0.2) is 0 Å². The van der Waals surface area contributed by atoms with Crippen molar-refractivity contribution in [3.8, 4) is 6.07 Å². The summed E-state index contributed by atoms with van der Waals surface area (Å²) in [5.41, 5.74) is -3.12. The lowest BCUT2D eigenvalue weighted by Gasteiger charge is -2.12. The first-order valence-corrected chi connectivity index (χ1v) is 4.20. The molecule has 1 N–H and O–H groups in total. The molecule has 0 heterocycles. The van der Waals surface area contributed by atoms with E-state index in [1.807, 2.05) is 0 Å². The number of halogens is 4. The summed E-state index contributed by atoms with van der Waals surface area (Å²) in [6.07, 6.45) is -4.87. The van der Waals surface area contributed by atoms with Crippen molar-refractivity contribution in [1.82, 2.24) is 0 Å². The van der Waals surface area contributed by atoms with Crippen molar-refractivity contribution >= 4 is 17.6 Å². The van der Waals surface area contributed by atoms with Gasteiger partial charge in [0.1, 0.15) is 6.07 Å². The Hall–Kier alpha value is -1.74. The van der Waals surface area contributed by atoms with Gasteiger partial charge in [-0.05, 0) is 12.1 Å². The molecule has 0 amide bonds. The summed E-state index contributed by atoms with van der Waals surface area (Å²) in [6.45, 7) is 0. The first-order chi connectivity index (χ1) is 7.29. The molecule has 0 saturated heterocycles. The maximum Gasteiger partial charge on any atom is 0.419 e. The van der Waals surface area contributed by atoms with E-state index in [4.69, 9.17) is 22.0 Å². The monoisotopic (exact) mass is 249 g/mol. The molecule has 0 aliphatic rings. The molecule has 7 heteroatoms. The van der Waals surface area contributed by atoms with Gasteiger partial charge >= 0.3 is 12.1 Å². The number of alkyl halides is 3. The third-order valence-electron chi connectivity index (χ3n) is 1.78. The summed E-state index contributed by atoms with van der Waals surface area (Å²) in [7, 11) is 0. The predicted octanol–water partition coefficient (Wildman–Crippen LogP) is 2.93. The smallest absolute Gasteiger partial charge is 0.419 e. The first kappa shape index (κ1) is 12.3. The zero-order valence-corrected chi connectivity index (χ0v) is 8.23. The number of carboxylic acid groups (broad SMARTS) is 1. The highest BCUT2D eigenvalue weighted by atomic mass is 35.5. The fourth-order valence-corrected chi connectivity index (χ4v) is 1.41. The predicted molar refractivity (Wildman–Crippen MR) is 48.1 cm³/mol. The Balaban J connectivity index is 3.66. The van der Waals surface area contributed by atoms with Gasteiger partial charge in [0.2, 0.25) is 0 Å². The molecule has 0 saturated carbocycles. The lowest BCUT2D eigenvalue weighted by atomic mass is 10.0. The molecular weight excluding hydrogens is 247 g/mol. The van der Waals surface area contributed by atoms with Crippen LogP contribution in [0, 0.1) is 11.3 Å². The van der Waals surface area contributed by atoms with Crippen LogP contribution in [0.4, 0.5) is 13.2 Å². The van der Waals surface area contributed by atoms with Crippen LogP contribution in [0.1, 0.15) is 21.5 Å². The standard InChI is InChI=1S/C9H3ClF3NO2/c10-6-2-1-4(8(15)16)5(3-14)7(6)9(11,12)13/h1-2H,(H,15,16). The number of rotatable bonds is 1. The van der Waals surface area contributed by atoms with E-state index in [0.29, 0.717) is 0 Å². The van der Waals surface area contributed by atoms with Crippen LogP contribution in [-0.2, 0) is 6.18 Å². The number of hydrogen-bond acceptors (Lipinski definition) is 2. The fraction of sp³-hybridized carbons (Fsp3) is 0.111. The minimum Gasteiger partial charge on any atom is -0.478 e. The Kier molecular flexibility index (Phi) is 3.10. The van der Waals surface area contributed by atoms with E-state index in [-0.39, 0.29) is 0 Å². The number of nitriles is 1. The summed E-state index contributed by atoms with van der Waals surface area (Å²) >= 11 is 5.31. The van der Waals surface area contributed by atoms with Crippen LogP contribution >= 0.6 is 11.6 Å². The number of nitrogens with zero attached hydrogens (tertiary/aromatic N) is 1. The lowest BCUT2D eigenvalue weighted by molar-refractivity contribution is -0.137. The number of hydrogen-bond donors (Lipinski definition) is 1. The van der Waals surface area contributed by atoms with Crippen LogP contribution in [0.2, 0.25) is 5.02 Å². The van der Waals surface area contributed by atoms with E-state index in [1.54, 1.807) is 0 Å². The van der Waals surface area contributed by atoms with E-state index < -0.39 is 33.9 Å². The molecule has 3 nitrogen and oxygen atoms in total. The molecule has 0 fully saturated rings. The molecule has 0 aliphatic carbocycles. The Morgan fingerprint density at radius 2 is 2.00 bits per heavy atom. The summed E-state index contributed by atoms with van der Waals surface area (Å²) in [5.74, 6) is -1.61. The minimum atomic E-state index is -4.87. The highest BCUT2D eigenvalue weighted by Crippen LogP contribution is 2.38. The molecule has 0 atom stereocenters. The maximum atomic E-state index is 12.5. The number of carboxylic acids is 1. The summed E-state index contributed by atoms with van der Waals surface area (Å²) < 4.78 is 37.5. The molecule has 0 unspecified atom stereocenters. The second kappa shape index (κ2) is 4.02. The quantitative estimate of drug-likeness (QED) is 0.832. The van der Waals surface area contributed by atoms with Crippen LogP contribution in [-0.4, -0.2) is 11.1 Å². The van der Waals surface area contributed by atoms with Crippen LogP contribution in [0.15, 0.2) is 12.1 Å². The Labute approximate surface area is 92.7 Å². The Morgan fingerprint density at radius 3 is 2.38 bits per heavy atom. The van der Waals surface area contributed by atoms with E-state index in [9.17, 15) is 18.0 Å². The van der Waals surface area contributed by atoms with Gasteiger partial charge in [-0.1, -0.05) is 11.6 Å². The van der Waals surface area contributed by atoms with Crippen molar-refractivity contribution in [2.75, 3.05) is 0 Å². The highest BCUT2D eigenvalue weighted by Gasteiger charge is 2.38. The van der Waals surface area contributed by atoms with Crippen molar-refractivity contribution in [3.63, 3.8) is 0 Å². The van der Waals surface area contributed by atoms with Crippen LogP contribution in [0.3, 0.4) is 0 Å². The maximum absolute atomic E-state index is 12.5. The van der Waals surface area contributed by atoms with Crippen LogP contribution < -0.4 is 0 Å². The van der Waals surface area contributed by atoms with Gasteiger partial charge in [0.05, 0.1) is 21.7 Å². The summed E-state index contributed by atoms with van der Waals surface area (Å²) in [6, 6.07) is 2.87. The molecule has 0 radical (unpaired) electrons. The summed E-state index contributed by atoms with van der Waals surface area (Å²) in [5, 5.41) is 16.5. The van der Waals surface area contributed by atoms with Gasteiger partial charge in [-0.25, -0.2) is 4.79 Å². The average molecular weight is 250 g/mol. The normalized spacial score (nSPS) is 10.9. The molecule has 0 spiro atoms. The van der Waals surface area contributed by atoms with Crippen LogP contribution in [0.5, 0.6) is 0 Å². The topological polar surface area (TPSA) is 61.1 Å². The van der Waals surface area contributed by atoms with E-state index in [2.05, 4.69) is 0 Å². The number of aromatic carboxylic acids is 1. The van der Waals surface area contributed by atoms with Crippen molar-refractivity contribution in [3.05, 3.63) is 33.8 Å². The molecule has 16 heavy (non-hydrogen) atoms. The largest absolute Gasteiger partial charge is 0.478 e. The summed E-state index contributed by atoms with van der Waals surface area (Å²) in [4.78, 5) is 10.6. The fourth-order valence-electron chi connectivity index (χ4n) is 1.15. The second-order valence-corrected chi connectivity index (χ2v) is 3.17. The molecule has 0 bridgehead atoms. The molecule has 0 aromatic heterocycles. The molecule has 1 aromatic rings. The first-order valence-electron chi connectivity index (χ1n) is 3.82. The third kappa shape index (κ3) is 2.09. The Bertz CT molecular complexity index is 491. The van der Waals surface area contributed by atoms with Crippen molar-refractivity contribution in [2.45, 2.75) is 6.18 Å². The molecule has 0 aliphatic heterocycles.